The summed E-state index contributed by atoms with van der Waals surface area (Å²) >= 11 is 0. The maximum Gasteiger partial charge on any atom is 0.119 e. The van der Waals surface area contributed by atoms with Gasteiger partial charge in [-0.2, -0.15) is 0 Å². The van der Waals surface area contributed by atoms with Crippen LogP contribution in [0.15, 0.2) is 24.3 Å². The van der Waals surface area contributed by atoms with Gasteiger partial charge in [-0.05, 0) is 30.7 Å². The fourth-order valence-corrected chi connectivity index (χ4v) is 2.27. The van der Waals surface area contributed by atoms with Crippen molar-refractivity contribution in [3.8, 4) is 5.75 Å². The van der Waals surface area contributed by atoms with E-state index in [9.17, 15) is 5.11 Å². The summed E-state index contributed by atoms with van der Waals surface area (Å²) in [4.78, 5) is 2.25. The first kappa shape index (κ1) is 15.1. The molecule has 1 fully saturated rings. The predicted octanol–water partition coefficient (Wildman–Crippen LogP) is 1.19. The molecule has 2 rings (SSSR count). The Balaban J connectivity index is 1.63. The number of hydrogen-bond donors (Lipinski definition) is 2. The molecule has 1 aliphatic heterocycles. The number of aliphatic hydroxyl groups is 1. The Morgan fingerprint density at radius 3 is 2.65 bits per heavy atom. The van der Waals surface area contributed by atoms with Crippen molar-refractivity contribution >= 4 is 5.69 Å². The van der Waals surface area contributed by atoms with E-state index in [4.69, 9.17) is 9.47 Å². The molecule has 1 saturated heterocycles. The molecule has 0 bridgehead atoms. The second kappa shape index (κ2) is 8.09. The van der Waals surface area contributed by atoms with Crippen LogP contribution in [0.25, 0.3) is 0 Å². The first-order valence-electron chi connectivity index (χ1n) is 7.14. The molecule has 1 heterocycles. The molecule has 1 aromatic rings. The maximum absolute atomic E-state index is 10.0. The molecule has 5 nitrogen and oxygen atoms in total. The SMILES string of the molecule is COc1ccc(NCCC(O)CN2CCOCC2)cc1. The molecule has 2 N–H and O–H groups in total. The highest BCUT2D eigenvalue weighted by molar-refractivity contribution is 5.46. The molecule has 0 radical (unpaired) electrons. The van der Waals surface area contributed by atoms with Gasteiger partial charge in [0.1, 0.15) is 5.75 Å². The number of aliphatic hydroxyl groups excluding tert-OH is 1. The number of methoxy groups -OCH3 is 1. The van der Waals surface area contributed by atoms with Gasteiger partial charge in [0, 0.05) is 31.9 Å². The second-order valence-corrected chi connectivity index (χ2v) is 5.01. The number of β-amino-alcohol motifs (C(OH)–C–C–N with tert-alkyl or cyclic N) is 1. The average Bonchev–Trinajstić information content (AvgIpc) is 2.49. The van der Waals surface area contributed by atoms with Crippen molar-refractivity contribution in [1.82, 2.24) is 4.90 Å². The van der Waals surface area contributed by atoms with E-state index >= 15 is 0 Å². The zero-order valence-corrected chi connectivity index (χ0v) is 12.0. The topological polar surface area (TPSA) is 54.0 Å². The highest BCUT2D eigenvalue weighted by Crippen LogP contribution is 2.15. The van der Waals surface area contributed by atoms with Crippen molar-refractivity contribution in [2.24, 2.45) is 0 Å². The van der Waals surface area contributed by atoms with Gasteiger partial charge in [0.05, 0.1) is 26.4 Å². The van der Waals surface area contributed by atoms with Crippen LogP contribution in [0.2, 0.25) is 0 Å². The number of ether oxygens (including phenoxy) is 2. The zero-order chi connectivity index (χ0) is 14.2. The highest BCUT2D eigenvalue weighted by atomic mass is 16.5. The first-order valence-corrected chi connectivity index (χ1v) is 7.14. The number of morpholine rings is 1. The summed E-state index contributed by atoms with van der Waals surface area (Å²) in [5, 5.41) is 13.3. The van der Waals surface area contributed by atoms with Crippen molar-refractivity contribution < 1.29 is 14.6 Å². The summed E-state index contributed by atoms with van der Waals surface area (Å²) < 4.78 is 10.4. The lowest BCUT2D eigenvalue weighted by Gasteiger charge is -2.28. The molecule has 1 atom stereocenters. The number of anilines is 1. The van der Waals surface area contributed by atoms with Crippen LogP contribution in [0.5, 0.6) is 5.75 Å². The van der Waals surface area contributed by atoms with Crippen LogP contribution in [-0.4, -0.2) is 62.6 Å². The molecule has 0 amide bonds. The van der Waals surface area contributed by atoms with Crippen LogP contribution in [0.1, 0.15) is 6.42 Å². The Morgan fingerprint density at radius 2 is 2.00 bits per heavy atom. The van der Waals surface area contributed by atoms with E-state index in [0.29, 0.717) is 0 Å². The molecule has 0 aliphatic carbocycles. The highest BCUT2D eigenvalue weighted by Gasteiger charge is 2.14. The van der Waals surface area contributed by atoms with E-state index < -0.39 is 0 Å². The van der Waals surface area contributed by atoms with Gasteiger partial charge in [0.25, 0.3) is 0 Å². The van der Waals surface area contributed by atoms with Gasteiger partial charge in [-0.25, -0.2) is 0 Å². The first-order chi connectivity index (χ1) is 9.78. The molecule has 1 unspecified atom stereocenters. The number of nitrogens with one attached hydrogen (secondary N) is 1. The van der Waals surface area contributed by atoms with E-state index in [1.165, 1.54) is 0 Å². The molecule has 5 heteroatoms. The standard InChI is InChI=1S/C15H24N2O3/c1-19-15-4-2-13(3-5-15)16-7-6-14(18)12-17-8-10-20-11-9-17/h2-5,14,16,18H,6-12H2,1H3. The summed E-state index contributed by atoms with van der Waals surface area (Å²) in [6.45, 7) is 4.88. The van der Waals surface area contributed by atoms with Crippen molar-refractivity contribution in [1.29, 1.82) is 0 Å². The predicted molar refractivity (Wildman–Crippen MR) is 79.4 cm³/mol. The number of nitrogens with zero attached hydrogens (tertiary/aromatic N) is 1. The molecule has 0 aromatic heterocycles. The van der Waals surface area contributed by atoms with Gasteiger partial charge in [0.15, 0.2) is 0 Å². The minimum atomic E-state index is -0.293. The summed E-state index contributed by atoms with van der Waals surface area (Å²) in [5.41, 5.74) is 1.05. The molecule has 1 aromatic carbocycles. The Morgan fingerprint density at radius 1 is 1.30 bits per heavy atom. The van der Waals surface area contributed by atoms with E-state index in [2.05, 4.69) is 10.2 Å². The van der Waals surface area contributed by atoms with Crippen LogP contribution >= 0.6 is 0 Å². The average molecular weight is 280 g/mol. The molecule has 112 valence electrons. The molecule has 20 heavy (non-hydrogen) atoms. The van der Waals surface area contributed by atoms with Gasteiger partial charge in [-0.3, -0.25) is 4.90 Å². The van der Waals surface area contributed by atoms with Crippen LogP contribution in [-0.2, 0) is 4.74 Å². The van der Waals surface area contributed by atoms with Gasteiger partial charge < -0.3 is 19.9 Å². The molecule has 0 spiro atoms. The Kier molecular flexibility index (Phi) is 6.11. The van der Waals surface area contributed by atoms with Crippen molar-refractivity contribution in [2.75, 3.05) is 51.8 Å². The van der Waals surface area contributed by atoms with Crippen LogP contribution in [0.4, 0.5) is 5.69 Å². The fourth-order valence-electron chi connectivity index (χ4n) is 2.27. The smallest absolute Gasteiger partial charge is 0.119 e. The van der Waals surface area contributed by atoms with Gasteiger partial charge >= 0.3 is 0 Å². The Bertz CT molecular complexity index is 377. The molecule has 0 saturated carbocycles. The van der Waals surface area contributed by atoms with Crippen molar-refractivity contribution in [3.63, 3.8) is 0 Å². The minimum absolute atomic E-state index is 0.293. The lowest BCUT2D eigenvalue weighted by Crippen LogP contribution is -2.41. The third-order valence-corrected chi connectivity index (χ3v) is 3.47. The summed E-state index contributed by atoms with van der Waals surface area (Å²) in [7, 11) is 1.66. The lowest BCUT2D eigenvalue weighted by molar-refractivity contribution is 0.0139. The monoisotopic (exact) mass is 280 g/mol. The van der Waals surface area contributed by atoms with Gasteiger partial charge in [-0.1, -0.05) is 0 Å². The molecule has 1 aliphatic rings. The van der Waals surface area contributed by atoms with Crippen LogP contribution in [0.3, 0.4) is 0 Å². The third kappa shape index (κ3) is 5.00. The fraction of sp³-hybridized carbons (Fsp3) is 0.600. The largest absolute Gasteiger partial charge is 0.497 e. The quantitative estimate of drug-likeness (QED) is 0.786. The summed E-state index contributed by atoms with van der Waals surface area (Å²) in [6, 6.07) is 7.80. The van der Waals surface area contributed by atoms with E-state index in [1.54, 1.807) is 7.11 Å². The Labute approximate surface area is 120 Å². The minimum Gasteiger partial charge on any atom is -0.497 e. The van der Waals surface area contributed by atoms with Crippen LogP contribution in [0, 0.1) is 0 Å². The van der Waals surface area contributed by atoms with Gasteiger partial charge in [0.2, 0.25) is 0 Å². The zero-order valence-electron chi connectivity index (χ0n) is 12.0. The number of hydrogen-bond acceptors (Lipinski definition) is 5. The maximum atomic E-state index is 10.0. The Hall–Kier alpha value is -1.30. The second-order valence-electron chi connectivity index (χ2n) is 5.01. The van der Waals surface area contributed by atoms with E-state index in [-0.39, 0.29) is 6.10 Å². The van der Waals surface area contributed by atoms with Crippen molar-refractivity contribution in [2.45, 2.75) is 12.5 Å². The van der Waals surface area contributed by atoms with E-state index in [1.807, 2.05) is 24.3 Å². The molecular formula is C15H24N2O3. The number of rotatable bonds is 7. The number of benzene rings is 1. The normalized spacial score (nSPS) is 17.7. The van der Waals surface area contributed by atoms with Gasteiger partial charge in [-0.15, -0.1) is 0 Å². The van der Waals surface area contributed by atoms with Crippen LogP contribution < -0.4 is 10.1 Å². The van der Waals surface area contributed by atoms with Crippen molar-refractivity contribution in [3.05, 3.63) is 24.3 Å². The van der Waals surface area contributed by atoms with E-state index in [0.717, 1.165) is 57.3 Å². The summed E-state index contributed by atoms with van der Waals surface area (Å²) in [5.74, 6) is 0.850. The lowest BCUT2D eigenvalue weighted by atomic mass is 10.2. The summed E-state index contributed by atoms with van der Waals surface area (Å²) in [6.07, 6.45) is 0.447. The molecular weight excluding hydrogens is 256 g/mol. The third-order valence-electron chi connectivity index (χ3n) is 3.47.